The largest absolute Gasteiger partial charge is 0.493 e. The van der Waals surface area contributed by atoms with Crippen molar-refractivity contribution < 1.29 is 23.7 Å². The van der Waals surface area contributed by atoms with Crippen LogP contribution in [0.25, 0.3) is 0 Å². The Morgan fingerprint density at radius 3 is 2.57 bits per heavy atom. The van der Waals surface area contributed by atoms with Gasteiger partial charge in [0.05, 0.1) is 13.7 Å². The molecule has 0 bridgehead atoms. The fourth-order valence-corrected chi connectivity index (χ4v) is 3.43. The maximum atomic E-state index is 12.9. The Morgan fingerprint density at radius 2 is 1.80 bits per heavy atom. The molecule has 3 rings (SSSR count). The second kappa shape index (κ2) is 10.8. The molecule has 1 aliphatic heterocycles. The number of aryl methyl sites for hydroxylation is 1. The SMILES string of the molecule is CCCOc1ccc(CN(CCC)C(=O)CCc2ccc3c(c2)OCO3)cc1OC. The van der Waals surface area contributed by atoms with Crippen molar-refractivity contribution in [3.63, 3.8) is 0 Å². The standard InChI is InChI=1S/C24H31NO5/c1-4-12-25(16-19-7-10-20(28-13-5-2)22(15-19)27-3)24(26)11-8-18-6-9-21-23(14-18)30-17-29-21/h6-7,9-10,14-15H,4-5,8,11-13,16-17H2,1-3H3. The number of carbonyl (C=O) groups is 1. The highest BCUT2D eigenvalue weighted by Gasteiger charge is 2.17. The van der Waals surface area contributed by atoms with Crippen LogP contribution in [-0.4, -0.2) is 37.9 Å². The summed E-state index contributed by atoms with van der Waals surface area (Å²) in [6.45, 7) is 6.33. The van der Waals surface area contributed by atoms with Crippen molar-refractivity contribution in [3.05, 3.63) is 47.5 Å². The van der Waals surface area contributed by atoms with Gasteiger partial charge in [-0.3, -0.25) is 4.79 Å². The van der Waals surface area contributed by atoms with Crippen LogP contribution >= 0.6 is 0 Å². The molecule has 0 saturated carbocycles. The number of methoxy groups -OCH3 is 1. The van der Waals surface area contributed by atoms with E-state index in [4.69, 9.17) is 18.9 Å². The van der Waals surface area contributed by atoms with Gasteiger partial charge in [-0.25, -0.2) is 0 Å². The first-order valence-electron chi connectivity index (χ1n) is 10.6. The van der Waals surface area contributed by atoms with E-state index in [0.29, 0.717) is 31.7 Å². The van der Waals surface area contributed by atoms with E-state index in [2.05, 4.69) is 13.8 Å². The quantitative estimate of drug-likeness (QED) is 0.540. The summed E-state index contributed by atoms with van der Waals surface area (Å²) in [5.74, 6) is 3.09. The van der Waals surface area contributed by atoms with Gasteiger partial charge in [0.2, 0.25) is 12.7 Å². The number of amides is 1. The zero-order chi connectivity index (χ0) is 21.3. The molecular weight excluding hydrogens is 382 g/mol. The average Bonchev–Trinajstić information content (AvgIpc) is 3.24. The van der Waals surface area contributed by atoms with Crippen molar-refractivity contribution in [1.29, 1.82) is 0 Å². The van der Waals surface area contributed by atoms with Crippen LogP contribution in [0, 0.1) is 0 Å². The van der Waals surface area contributed by atoms with Gasteiger partial charge in [0.15, 0.2) is 23.0 Å². The fraction of sp³-hybridized carbons (Fsp3) is 0.458. The number of benzene rings is 2. The highest BCUT2D eigenvalue weighted by atomic mass is 16.7. The first-order chi connectivity index (χ1) is 14.6. The van der Waals surface area contributed by atoms with E-state index in [1.165, 1.54) is 0 Å². The summed E-state index contributed by atoms with van der Waals surface area (Å²) >= 11 is 0. The number of nitrogens with zero attached hydrogens (tertiary/aromatic N) is 1. The van der Waals surface area contributed by atoms with Crippen molar-refractivity contribution in [3.8, 4) is 23.0 Å². The molecule has 2 aromatic rings. The third-order valence-electron chi connectivity index (χ3n) is 4.97. The zero-order valence-electron chi connectivity index (χ0n) is 18.1. The van der Waals surface area contributed by atoms with E-state index in [1.54, 1.807) is 7.11 Å². The Bertz CT molecular complexity index is 851. The van der Waals surface area contributed by atoms with Crippen LogP contribution in [0.3, 0.4) is 0 Å². The number of rotatable bonds is 11. The molecule has 0 fully saturated rings. The molecule has 0 radical (unpaired) electrons. The van der Waals surface area contributed by atoms with E-state index >= 15 is 0 Å². The molecule has 0 saturated heterocycles. The van der Waals surface area contributed by atoms with Gasteiger partial charge in [0.1, 0.15) is 0 Å². The lowest BCUT2D eigenvalue weighted by atomic mass is 10.1. The monoisotopic (exact) mass is 413 g/mol. The lowest BCUT2D eigenvalue weighted by Crippen LogP contribution is -2.31. The van der Waals surface area contributed by atoms with Gasteiger partial charge in [-0.1, -0.05) is 26.0 Å². The summed E-state index contributed by atoms with van der Waals surface area (Å²) in [6.07, 6.45) is 2.97. The minimum atomic E-state index is 0.139. The Balaban J connectivity index is 1.62. The van der Waals surface area contributed by atoms with Crippen LogP contribution in [0.5, 0.6) is 23.0 Å². The Hall–Kier alpha value is -2.89. The molecule has 0 unspecified atom stereocenters. The Labute approximate surface area is 178 Å². The van der Waals surface area contributed by atoms with Gasteiger partial charge in [0, 0.05) is 19.5 Å². The molecule has 6 heteroatoms. The molecule has 1 aliphatic rings. The minimum Gasteiger partial charge on any atom is -0.493 e. The second-order valence-electron chi connectivity index (χ2n) is 7.34. The smallest absolute Gasteiger partial charge is 0.231 e. The molecule has 0 aliphatic carbocycles. The van der Waals surface area contributed by atoms with Gasteiger partial charge in [-0.05, 0) is 54.7 Å². The van der Waals surface area contributed by atoms with Crippen LogP contribution in [0.4, 0.5) is 0 Å². The summed E-state index contributed by atoms with van der Waals surface area (Å²) < 4.78 is 22.0. The Kier molecular flexibility index (Phi) is 7.82. The van der Waals surface area contributed by atoms with Gasteiger partial charge >= 0.3 is 0 Å². The summed E-state index contributed by atoms with van der Waals surface area (Å²) in [4.78, 5) is 14.8. The van der Waals surface area contributed by atoms with Crippen molar-refractivity contribution >= 4 is 5.91 Å². The van der Waals surface area contributed by atoms with Crippen LogP contribution in [0.2, 0.25) is 0 Å². The van der Waals surface area contributed by atoms with Gasteiger partial charge in [-0.2, -0.15) is 0 Å². The average molecular weight is 414 g/mol. The molecule has 0 N–H and O–H groups in total. The van der Waals surface area contributed by atoms with E-state index in [1.807, 2.05) is 41.3 Å². The van der Waals surface area contributed by atoms with Crippen LogP contribution in [-0.2, 0) is 17.8 Å². The maximum absolute atomic E-state index is 12.9. The topological polar surface area (TPSA) is 57.2 Å². The van der Waals surface area contributed by atoms with Crippen LogP contribution in [0.15, 0.2) is 36.4 Å². The highest BCUT2D eigenvalue weighted by molar-refractivity contribution is 5.76. The van der Waals surface area contributed by atoms with E-state index in [0.717, 1.165) is 47.8 Å². The first-order valence-corrected chi connectivity index (χ1v) is 10.6. The number of hydrogen-bond acceptors (Lipinski definition) is 5. The van der Waals surface area contributed by atoms with E-state index in [9.17, 15) is 4.79 Å². The fourth-order valence-electron chi connectivity index (χ4n) is 3.43. The Morgan fingerprint density at radius 1 is 1.00 bits per heavy atom. The number of fused-ring (bicyclic) bond motifs is 1. The summed E-state index contributed by atoms with van der Waals surface area (Å²) in [5, 5.41) is 0. The molecule has 6 nitrogen and oxygen atoms in total. The second-order valence-corrected chi connectivity index (χ2v) is 7.34. The lowest BCUT2D eigenvalue weighted by Gasteiger charge is -2.23. The molecule has 30 heavy (non-hydrogen) atoms. The van der Waals surface area contributed by atoms with Gasteiger partial charge in [0.25, 0.3) is 0 Å². The molecule has 1 heterocycles. The third kappa shape index (κ3) is 5.59. The van der Waals surface area contributed by atoms with Crippen molar-refractivity contribution in [2.75, 3.05) is 27.1 Å². The third-order valence-corrected chi connectivity index (χ3v) is 4.97. The molecule has 0 aromatic heterocycles. The van der Waals surface area contributed by atoms with Crippen molar-refractivity contribution in [2.24, 2.45) is 0 Å². The van der Waals surface area contributed by atoms with Crippen LogP contribution < -0.4 is 18.9 Å². The number of carbonyl (C=O) groups excluding carboxylic acids is 1. The summed E-state index contributed by atoms with van der Waals surface area (Å²) in [7, 11) is 1.64. The summed E-state index contributed by atoms with van der Waals surface area (Å²) in [5.41, 5.74) is 2.10. The molecule has 2 aromatic carbocycles. The first kappa shape index (κ1) is 21.8. The van der Waals surface area contributed by atoms with Gasteiger partial charge < -0.3 is 23.8 Å². The van der Waals surface area contributed by atoms with Gasteiger partial charge in [-0.15, -0.1) is 0 Å². The van der Waals surface area contributed by atoms with Crippen LogP contribution in [0.1, 0.15) is 44.2 Å². The highest BCUT2D eigenvalue weighted by Crippen LogP contribution is 2.33. The summed E-state index contributed by atoms with van der Waals surface area (Å²) in [6, 6.07) is 11.7. The molecule has 1 amide bonds. The predicted octanol–water partition coefficient (Wildman–Crippen LogP) is 4.58. The predicted molar refractivity (Wildman–Crippen MR) is 115 cm³/mol. The number of ether oxygens (including phenoxy) is 4. The minimum absolute atomic E-state index is 0.139. The van der Waals surface area contributed by atoms with E-state index in [-0.39, 0.29) is 12.7 Å². The molecular formula is C24H31NO5. The molecule has 162 valence electrons. The van der Waals surface area contributed by atoms with Crippen molar-refractivity contribution in [1.82, 2.24) is 4.90 Å². The molecule has 0 spiro atoms. The number of hydrogen-bond donors (Lipinski definition) is 0. The normalized spacial score (nSPS) is 12.0. The molecule has 0 atom stereocenters. The van der Waals surface area contributed by atoms with Crippen molar-refractivity contribution in [2.45, 2.75) is 46.1 Å². The lowest BCUT2D eigenvalue weighted by molar-refractivity contribution is -0.131. The maximum Gasteiger partial charge on any atom is 0.231 e. The van der Waals surface area contributed by atoms with E-state index < -0.39 is 0 Å². The zero-order valence-corrected chi connectivity index (χ0v) is 18.1.